The Hall–Kier alpha value is -1.02. The highest BCUT2D eigenvalue weighted by atomic mass is 16.5. The summed E-state index contributed by atoms with van der Waals surface area (Å²) >= 11 is 0. The van der Waals surface area contributed by atoms with Gasteiger partial charge in [0.25, 0.3) is 0 Å². The third-order valence-corrected chi connectivity index (χ3v) is 1.28. The van der Waals surface area contributed by atoms with E-state index in [-0.39, 0.29) is 0 Å². The van der Waals surface area contributed by atoms with Gasteiger partial charge in [-0.2, -0.15) is 0 Å². The second-order valence-electron chi connectivity index (χ2n) is 2.21. The van der Waals surface area contributed by atoms with Crippen LogP contribution in [0, 0.1) is 0 Å². The van der Waals surface area contributed by atoms with Gasteiger partial charge in [-0.1, -0.05) is 40.0 Å². The van der Waals surface area contributed by atoms with Crippen molar-refractivity contribution in [2.75, 3.05) is 19.7 Å². The summed E-state index contributed by atoms with van der Waals surface area (Å²) in [5.74, 6) is 0.767. The maximum atomic E-state index is 5.34. The SMILES string of the molecule is C=C/C=C(\C=C)OCCNCC.CC. The summed E-state index contributed by atoms with van der Waals surface area (Å²) in [7, 11) is 0. The van der Waals surface area contributed by atoms with Crippen LogP contribution in [0.1, 0.15) is 20.8 Å². The van der Waals surface area contributed by atoms with Gasteiger partial charge in [0.1, 0.15) is 12.4 Å². The fourth-order valence-corrected chi connectivity index (χ4v) is 0.709. The largest absolute Gasteiger partial charge is 0.492 e. The van der Waals surface area contributed by atoms with E-state index in [0.717, 1.165) is 18.8 Å². The number of likely N-dealkylation sites (N-methyl/N-ethyl adjacent to an activating group) is 1. The summed E-state index contributed by atoms with van der Waals surface area (Å²) in [5, 5.41) is 3.16. The topological polar surface area (TPSA) is 21.3 Å². The van der Waals surface area contributed by atoms with E-state index in [1.54, 1.807) is 18.2 Å². The number of nitrogens with one attached hydrogen (secondary N) is 1. The van der Waals surface area contributed by atoms with Crippen LogP contribution in [0.5, 0.6) is 0 Å². The standard InChI is InChI=1S/C10H17NO.C2H6/c1-4-7-10(5-2)12-9-8-11-6-3;1-2/h4-5,7,11H,1-2,6,8-9H2,3H3;1-2H3/b10-7+;. The van der Waals surface area contributed by atoms with E-state index in [1.807, 2.05) is 13.8 Å². The maximum Gasteiger partial charge on any atom is 0.118 e. The van der Waals surface area contributed by atoms with Crippen molar-refractivity contribution >= 4 is 0 Å². The van der Waals surface area contributed by atoms with Crippen molar-refractivity contribution in [3.8, 4) is 0 Å². The van der Waals surface area contributed by atoms with Gasteiger partial charge in [-0.05, 0) is 18.7 Å². The molecule has 0 saturated heterocycles. The molecule has 0 aliphatic heterocycles. The van der Waals surface area contributed by atoms with E-state index in [4.69, 9.17) is 4.74 Å². The summed E-state index contributed by atoms with van der Waals surface area (Å²) < 4.78 is 5.34. The molecule has 0 saturated carbocycles. The van der Waals surface area contributed by atoms with Gasteiger partial charge in [0.15, 0.2) is 0 Å². The van der Waals surface area contributed by atoms with Crippen LogP contribution in [0.15, 0.2) is 37.1 Å². The predicted octanol–water partition coefficient (Wildman–Crippen LogP) is 2.89. The van der Waals surface area contributed by atoms with E-state index in [2.05, 4.69) is 25.4 Å². The average Bonchev–Trinajstić information content (AvgIpc) is 2.25. The van der Waals surface area contributed by atoms with Crippen LogP contribution >= 0.6 is 0 Å². The van der Waals surface area contributed by atoms with Crippen LogP contribution in [0.2, 0.25) is 0 Å². The highest BCUT2D eigenvalue weighted by Crippen LogP contribution is 1.97. The smallest absolute Gasteiger partial charge is 0.118 e. The van der Waals surface area contributed by atoms with Gasteiger partial charge in [0, 0.05) is 6.54 Å². The van der Waals surface area contributed by atoms with Gasteiger partial charge in [-0.3, -0.25) is 0 Å². The Morgan fingerprint density at radius 3 is 2.43 bits per heavy atom. The highest BCUT2D eigenvalue weighted by Gasteiger charge is 1.89. The van der Waals surface area contributed by atoms with Crippen molar-refractivity contribution < 1.29 is 4.74 Å². The normalized spacial score (nSPS) is 9.79. The summed E-state index contributed by atoms with van der Waals surface area (Å²) in [5.41, 5.74) is 0. The molecule has 0 amide bonds. The Kier molecular flexibility index (Phi) is 16.0. The lowest BCUT2D eigenvalue weighted by molar-refractivity contribution is 0.225. The zero-order valence-electron chi connectivity index (χ0n) is 9.68. The van der Waals surface area contributed by atoms with Crippen LogP contribution in [0.3, 0.4) is 0 Å². The van der Waals surface area contributed by atoms with Crippen LogP contribution < -0.4 is 5.32 Å². The van der Waals surface area contributed by atoms with Crippen LogP contribution in [0.4, 0.5) is 0 Å². The Morgan fingerprint density at radius 1 is 1.36 bits per heavy atom. The molecule has 0 bridgehead atoms. The first kappa shape index (κ1) is 15.5. The van der Waals surface area contributed by atoms with Crippen molar-refractivity contribution in [3.63, 3.8) is 0 Å². The fraction of sp³-hybridized carbons (Fsp3) is 0.500. The molecule has 2 heteroatoms. The van der Waals surface area contributed by atoms with Crippen molar-refractivity contribution in [1.29, 1.82) is 0 Å². The lowest BCUT2D eigenvalue weighted by Gasteiger charge is -2.05. The van der Waals surface area contributed by atoms with Gasteiger partial charge >= 0.3 is 0 Å². The predicted molar refractivity (Wildman–Crippen MR) is 64.3 cm³/mol. The summed E-state index contributed by atoms with van der Waals surface area (Å²) in [4.78, 5) is 0. The van der Waals surface area contributed by atoms with Crippen molar-refractivity contribution in [3.05, 3.63) is 37.1 Å². The van der Waals surface area contributed by atoms with E-state index in [9.17, 15) is 0 Å². The Morgan fingerprint density at radius 2 is 2.00 bits per heavy atom. The quantitative estimate of drug-likeness (QED) is 0.385. The fourth-order valence-electron chi connectivity index (χ4n) is 0.709. The molecule has 0 fully saturated rings. The molecule has 0 aromatic heterocycles. The summed E-state index contributed by atoms with van der Waals surface area (Å²) in [6, 6.07) is 0. The van der Waals surface area contributed by atoms with E-state index < -0.39 is 0 Å². The third kappa shape index (κ3) is 11.0. The van der Waals surface area contributed by atoms with E-state index >= 15 is 0 Å². The highest BCUT2D eigenvalue weighted by molar-refractivity contribution is 5.14. The van der Waals surface area contributed by atoms with Crippen LogP contribution in [-0.4, -0.2) is 19.7 Å². The molecule has 0 aliphatic carbocycles. The molecule has 14 heavy (non-hydrogen) atoms. The van der Waals surface area contributed by atoms with Crippen LogP contribution in [-0.2, 0) is 4.74 Å². The van der Waals surface area contributed by atoms with Gasteiger partial charge < -0.3 is 10.1 Å². The monoisotopic (exact) mass is 197 g/mol. The van der Waals surface area contributed by atoms with Gasteiger partial charge in [0.2, 0.25) is 0 Å². The summed E-state index contributed by atoms with van der Waals surface area (Å²) in [6.45, 7) is 15.7. The van der Waals surface area contributed by atoms with Crippen molar-refractivity contribution in [1.82, 2.24) is 5.32 Å². The average molecular weight is 197 g/mol. The molecule has 0 aliphatic rings. The van der Waals surface area contributed by atoms with Gasteiger partial charge in [0.05, 0.1) is 0 Å². The van der Waals surface area contributed by atoms with Crippen molar-refractivity contribution in [2.45, 2.75) is 20.8 Å². The minimum Gasteiger partial charge on any atom is -0.492 e. The number of allylic oxidation sites excluding steroid dienone is 3. The second kappa shape index (κ2) is 14.5. The second-order valence-corrected chi connectivity index (χ2v) is 2.21. The first-order valence-electron chi connectivity index (χ1n) is 5.13. The van der Waals surface area contributed by atoms with Gasteiger partial charge in [-0.15, -0.1) is 0 Å². The molecule has 0 radical (unpaired) electrons. The molecule has 0 rings (SSSR count). The molecular weight excluding hydrogens is 174 g/mol. The van der Waals surface area contributed by atoms with Crippen LogP contribution in [0.25, 0.3) is 0 Å². The first-order valence-corrected chi connectivity index (χ1v) is 5.13. The molecule has 82 valence electrons. The third-order valence-electron chi connectivity index (χ3n) is 1.28. The van der Waals surface area contributed by atoms with Crippen molar-refractivity contribution in [2.24, 2.45) is 0 Å². The lowest BCUT2D eigenvalue weighted by atomic mass is 10.4. The maximum absolute atomic E-state index is 5.34. The number of hydrogen-bond acceptors (Lipinski definition) is 2. The minimum absolute atomic E-state index is 0.666. The van der Waals surface area contributed by atoms with E-state index in [1.165, 1.54) is 0 Å². The molecular formula is C12H23NO. The molecule has 0 heterocycles. The Bertz CT molecular complexity index is 162. The Balaban J connectivity index is 0. The molecule has 0 atom stereocenters. The molecule has 0 aromatic rings. The van der Waals surface area contributed by atoms with E-state index in [0.29, 0.717) is 6.61 Å². The minimum atomic E-state index is 0.666. The number of hydrogen-bond donors (Lipinski definition) is 1. The Labute approximate surface area is 88.4 Å². The number of ether oxygens (including phenoxy) is 1. The summed E-state index contributed by atoms with van der Waals surface area (Å²) in [6.07, 6.45) is 5.15. The molecule has 0 unspecified atom stereocenters. The molecule has 2 nitrogen and oxygen atoms in total. The molecule has 1 N–H and O–H groups in total. The van der Waals surface area contributed by atoms with Gasteiger partial charge in [-0.25, -0.2) is 0 Å². The first-order chi connectivity index (χ1) is 6.85. The molecule has 0 aromatic carbocycles. The lowest BCUT2D eigenvalue weighted by Crippen LogP contribution is -2.18. The zero-order valence-corrected chi connectivity index (χ0v) is 9.68. The number of rotatable bonds is 7. The zero-order chi connectivity index (χ0) is 11.2. The molecule has 0 spiro atoms.